The number of amides is 1. The molecular weight excluding hydrogens is 306 g/mol. The summed E-state index contributed by atoms with van der Waals surface area (Å²) in [5.74, 6) is -0.743. The molecule has 2 aromatic rings. The van der Waals surface area contributed by atoms with E-state index >= 15 is 0 Å². The second-order valence-electron chi connectivity index (χ2n) is 6.32. The van der Waals surface area contributed by atoms with Crippen molar-refractivity contribution in [2.75, 3.05) is 11.5 Å². The molecule has 0 N–H and O–H groups in total. The van der Waals surface area contributed by atoms with Gasteiger partial charge in [0.1, 0.15) is 0 Å². The molecular formula is C18H21N3O3. The minimum absolute atomic E-state index is 0.0669. The first-order valence-electron chi connectivity index (χ1n) is 8.08. The van der Waals surface area contributed by atoms with Crippen LogP contribution in [0.3, 0.4) is 0 Å². The third-order valence-electron chi connectivity index (χ3n) is 4.17. The van der Waals surface area contributed by atoms with Gasteiger partial charge in [0.25, 0.3) is 5.91 Å². The number of hydrogen-bond donors (Lipinski definition) is 0. The molecule has 126 valence electrons. The quantitative estimate of drug-likeness (QED) is 0.810. The number of para-hydroxylation sites is 1. The van der Waals surface area contributed by atoms with Crippen LogP contribution in [0.15, 0.2) is 36.7 Å². The predicted molar refractivity (Wildman–Crippen MR) is 90.0 cm³/mol. The molecule has 6 nitrogen and oxygen atoms in total. The number of fused-ring (bicyclic) bond motifs is 1. The molecule has 0 fully saturated rings. The van der Waals surface area contributed by atoms with E-state index in [1.54, 1.807) is 15.8 Å². The van der Waals surface area contributed by atoms with Crippen molar-refractivity contribution >= 4 is 17.6 Å². The van der Waals surface area contributed by atoms with Gasteiger partial charge in [-0.1, -0.05) is 18.2 Å². The number of aromatic nitrogens is 2. The predicted octanol–water partition coefficient (Wildman–Crippen LogP) is 2.60. The summed E-state index contributed by atoms with van der Waals surface area (Å²) < 4.78 is 6.85. The van der Waals surface area contributed by atoms with Crippen LogP contribution in [-0.2, 0) is 16.0 Å². The number of carbonyl (C=O) groups is 2. The van der Waals surface area contributed by atoms with E-state index in [0.29, 0.717) is 5.56 Å². The zero-order valence-electron chi connectivity index (χ0n) is 14.1. The van der Waals surface area contributed by atoms with Crippen molar-refractivity contribution in [1.29, 1.82) is 0 Å². The molecule has 3 rings (SSSR count). The highest BCUT2D eigenvalue weighted by Crippen LogP contribution is 2.31. The molecule has 1 aliphatic heterocycles. The molecule has 1 aromatic heterocycles. The Labute approximate surface area is 141 Å². The van der Waals surface area contributed by atoms with Crippen LogP contribution in [0, 0.1) is 0 Å². The number of hydrogen-bond acceptors (Lipinski definition) is 4. The second-order valence-corrected chi connectivity index (χ2v) is 6.32. The smallest absolute Gasteiger partial charge is 0.341 e. The Hall–Kier alpha value is -2.63. The lowest BCUT2D eigenvalue weighted by molar-refractivity contribution is -0.122. The molecule has 2 heterocycles. The number of ether oxygens (including phenoxy) is 1. The van der Waals surface area contributed by atoms with Crippen LogP contribution in [0.1, 0.15) is 42.7 Å². The number of benzene rings is 1. The summed E-state index contributed by atoms with van der Waals surface area (Å²) in [6.45, 7) is 5.66. The maximum absolute atomic E-state index is 12.5. The summed E-state index contributed by atoms with van der Waals surface area (Å²) in [7, 11) is 0. The van der Waals surface area contributed by atoms with Crippen LogP contribution in [0.2, 0.25) is 0 Å². The fourth-order valence-corrected chi connectivity index (χ4v) is 2.95. The average Bonchev–Trinajstić information content (AvgIpc) is 3.16. The molecule has 1 aromatic carbocycles. The summed E-state index contributed by atoms with van der Waals surface area (Å²) in [5, 5.41) is 4.10. The van der Waals surface area contributed by atoms with Gasteiger partial charge in [-0.3, -0.25) is 9.48 Å². The van der Waals surface area contributed by atoms with Crippen molar-refractivity contribution in [1.82, 2.24) is 9.78 Å². The lowest BCUT2D eigenvalue weighted by atomic mass is 10.1. The largest absolute Gasteiger partial charge is 0.452 e. The first-order valence-corrected chi connectivity index (χ1v) is 8.08. The van der Waals surface area contributed by atoms with Gasteiger partial charge in [-0.05, 0) is 38.8 Å². The summed E-state index contributed by atoms with van der Waals surface area (Å²) in [6.07, 6.45) is 3.91. The van der Waals surface area contributed by atoms with E-state index in [1.807, 2.05) is 45.0 Å². The lowest BCUT2D eigenvalue weighted by Crippen LogP contribution is -2.38. The van der Waals surface area contributed by atoms with Crippen molar-refractivity contribution in [2.24, 2.45) is 0 Å². The van der Waals surface area contributed by atoms with Gasteiger partial charge in [0.2, 0.25) is 0 Å². The van der Waals surface area contributed by atoms with Gasteiger partial charge in [0.05, 0.1) is 11.8 Å². The van der Waals surface area contributed by atoms with Crippen molar-refractivity contribution in [3.8, 4) is 0 Å². The van der Waals surface area contributed by atoms with E-state index in [2.05, 4.69) is 5.10 Å². The van der Waals surface area contributed by atoms with E-state index in [9.17, 15) is 9.59 Å². The number of nitrogens with zero attached hydrogens (tertiary/aromatic N) is 3. The van der Waals surface area contributed by atoms with Crippen LogP contribution >= 0.6 is 0 Å². The summed E-state index contributed by atoms with van der Waals surface area (Å²) in [4.78, 5) is 26.3. The average molecular weight is 327 g/mol. The molecule has 1 aliphatic rings. The third kappa shape index (κ3) is 3.04. The topological polar surface area (TPSA) is 64.4 Å². The zero-order valence-corrected chi connectivity index (χ0v) is 14.1. The summed E-state index contributed by atoms with van der Waals surface area (Å²) >= 11 is 0. The van der Waals surface area contributed by atoms with Gasteiger partial charge in [-0.15, -0.1) is 0 Å². The fourth-order valence-electron chi connectivity index (χ4n) is 2.95. The maximum atomic E-state index is 12.5. The standard InChI is InChI=1S/C18H21N3O3/c1-12(2)20-10-15(9-19-20)18(23)24-11-17(22)21-13(3)8-14-6-4-5-7-16(14)21/h4-7,9-10,12-13H,8,11H2,1-3H3. The van der Waals surface area contributed by atoms with E-state index < -0.39 is 5.97 Å². The van der Waals surface area contributed by atoms with Gasteiger partial charge < -0.3 is 9.64 Å². The first kappa shape index (κ1) is 16.2. The minimum Gasteiger partial charge on any atom is -0.452 e. The molecule has 0 aliphatic carbocycles. The fraction of sp³-hybridized carbons (Fsp3) is 0.389. The normalized spacial score (nSPS) is 16.3. The molecule has 0 saturated heterocycles. The summed E-state index contributed by atoms with van der Waals surface area (Å²) in [5.41, 5.74) is 2.40. The Morgan fingerprint density at radius 2 is 2.08 bits per heavy atom. The Bertz CT molecular complexity index is 766. The monoisotopic (exact) mass is 327 g/mol. The van der Waals surface area contributed by atoms with Crippen LogP contribution in [0.4, 0.5) is 5.69 Å². The Balaban J connectivity index is 1.64. The zero-order chi connectivity index (χ0) is 17.3. The van der Waals surface area contributed by atoms with Crippen molar-refractivity contribution in [2.45, 2.75) is 39.3 Å². The number of anilines is 1. The molecule has 0 spiro atoms. The first-order chi connectivity index (χ1) is 11.5. The molecule has 1 amide bonds. The highest BCUT2D eigenvalue weighted by atomic mass is 16.5. The Kier molecular flexibility index (Phi) is 4.38. The molecule has 6 heteroatoms. The van der Waals surface area contributed by atoms with Crippen molar-refractivity contribution < 1.29 is 14.3 Å². The molecule has 24 heavy (non-hydrogen) atoms. The molecule has 1 unspecified atom stereocenters. The van der Waals surface area contributed by atoms with Crippen LogP contribution in [-0.4, -0.2) is 34.3 Å². The Morgan fingerprint density at radius 1 is 1.33 bits per heavy atom. The highest BCUT2D eigenvalue weighted by Gasteiger charge is 2.31. The van der Waals surface area contributed by atoms with Gasteiger partial charge in [0, 0.05) is 24.0 Å². The molecule has 0 radical (unpaired) electrons. The highest BCUT2D eigenvalue weighted by molar-refractivity contribution is 5.99. The number of esters is 1. The Morgan fingerprint density at radius 3 is 2.79 bits per heavy atom. The maximum Gasteiger partial charge on any atom is 0.341 e. The second kappa shape index (κ2) is 6.47. The van der Waals surface area contributed by atoms with E-state index in [-0.39, 0.29) is 24.6 Å². The number of carbonyl (C=O) groups excluding carboxylic acids is 2. The van der Waals surface area contributed by atoms with Crippen molar-refractivity contribution in [3.05, 3.63) is 47.8 Å². The van der Waals surface area contributed by atoms with Crippen molar-refractivity contribution in [3.63, 3.8) is 0 Å². The van der Waals surface area contributed by atoms with Gasteiger partial charge >= 0.3 is 5.97 Å². The number of rotatable bonds is 4. The third-order valence-corrected chi connectivity index (χ3v) is 4.17. The van der Waals surface area contributed by atoms with Crippen LogP contribution < -0.4 is 4.90 Å². The summed E-state index contributed by atoms with van der Waals surface area (Å²) in [6, 6.07) is 8.04. The van der Waals surface area contributed by atoms with Gasteiger partial charge in [-0.2, -0.15) is 5.10 Å². The molecule has 0 bridgehead atoms. The molecule has 1 atom stereocenters. The SMILES string of the molecule is CC1Cc2ccccc2N1C(=O)COC(=O)c1cnn(C(C)C)c1. The lowest BCUT2D eigenvalue weighted by Gasteiger charge is -2.22. The van der Waals surface area contributed by atoms with E-state index in [0.717, 1.165) is 17.7 Å². The van der Waals surface area contributed by atoms with Gasteiger partial charge in [-0.25, -0.2) is 4.79 Å². The van der Waals surface area contributed by atoms with E-state index in [4.69, 9.17) is 4.74 Å². The van der Waals surface area contributed by atoms with Gasteiger partial charge in [0.15, 0.2) is 6.61 Å². The van der Waals surface area contributed by atoms with Crippen LogP contribution in [0.25, 0.3) is 0 Å². The van der Waals surface area contributed by atoms with E-state index in [1.165, 1.54) is 6.20 Å². The molecule has 0 saturated carbocycles. The minimum atomic E-state index is -0.532. The van der Waals surface area contributed by atoms with Crippen LogP contribution in [0.5, 0.6) is 0 Å².